The molecule has 0 aromatic rings. The molecule has 0 amide bonds. The summed E-state index contributed by atoms with van der Waals surface area (Å²) in [6.45, 7) is 0.484. The second-order valence-corrected chi connectivity index (χ2v) is 5.42. The second-order valence-electron chi connectivity index (χ2n) is 3.49. The van der Waals surface area contributed by atoms with Crippen LogP contribution in [0.2, 0.25) is 0 Å². The van der Waals surface area contributed by atoms with Gasteiger partial charge in [0.05, 0.1) is 12.2 Å². The van der Waals surface area contributed by atoms with Gasteiger partial charge < -0.3 is 10.2 Å². The third-order valence-electron chi connectivity index (χ3n) is 1.99. The van der Waals surface area contributed by atoms with Gasteiger partial charge in [-0.25, -0.2) is 13.1 Å². The summed E-state index contributed by atoms with van der Waals surface area (Å²) in [5.74, 6) is -1.49. The van der Waals surface area contributed by atoms with Gasteiger partial charge in [-0.1, -0.05) is 12.8 Å². The SMILES string of the molecule is O=C(O)CCS(=O)(=O)NCCCCCCO. The van der Waals surface area contributed by atoms with E-state index in [-0.39, 0.29) is 18.8 Å². The van der Waals surface area contributed by atoms with E-state index in [1.807, 2.05) is 0 Å². The zero-order valence-electron chi connectivity index (χ0n) is 9.18. The first-order valence-electron chi connectivity index (χ1n) is 5.28. The highest BCUT2D eigenvalue weighted by atomic mass is 32.2. The molecule has 0 aliphatic heterocycles. The Balaban J connectivity index is 3.55. The summed E-state index contributed by atoms with van der Waals surface area (Å²) in [6.07, 6.45) is 2.77. The zero-order valence-corrected chi connectivity index (χ0v) is 10.0. The Morgan fingerprint density at radius 1 is 1.12 bits per heavy atom. The molecule has 0 radical (unpaired) electrons. The summed E-state index contributed by atoms with van der Waals surface area (Å²) in [6, 6.07) is 0. The monoisotopic (exact) mass is 253 g/mol. The summed E-state index contributed by atoms with van der Waals surface area (Å²) in [7, 11) is -3.45. The Morgan fingerprint density at radius 2 is 1.75 bits per heavy atom. The summed E-state index contributed by atoms with van der Waals surface area (Å²) in [5, 5.41) is 16.8. The minimum absolute atomic E-state index is 0.157. The highest BCUT2D eigenvalue weighted by Gasteiger charge is 2.11. The molecule has 96 valence electrons. The van der Waals surface area contributed by atoms with Crippen molar-refractivity contribution >= 4 is 16.0 Å². The Kier molecular flexibility index (Phi) is 8.14. The maximum atomic E-state index is 11.2. The molecule has 0 atom stereocenters. The number of hydrogen-bond donors (Lipinski definition) is 3. The van der Waals surface area contributed by atoms with Crippen LogP contribution in [-0.2, 0) is 14.8 Å². The van der Waals surface area contributed by atoms with E-state index >= 15 is 0 Å². The normalized spacial score (nSPS) is 11.6. The van der Waals surface area contributed by atoms with Crippen LogP contribution in [0.15, 0.2) is 0 Å². The van der Waals surface area contributed by atoms with Gasteiger partial charge in [0.2, 0.25) is 10.0 Å². The molecule has 0 bridgehead atoms. The molecule has 0 unspecified atom stereocenters. The fraction of sp³-hybridized carbons (Fsp3) is 0.889. The molecule has 0 spiro atoms. The topological polar surface area (TPSA) is 104 Å². The van der Waals surface area contributed by atoms with E-state index < -0.39 is 16.0 Å². The third-order valence-corrected chi connectivity index (χ3v) is 3.38. The van der Waals surface area contributed by atoms with Gasteiger partial charge in [-0.05, 0) is 12.8 Å². The first-order valence-corrected chi connectivity index (χ1v) is 6.93. The fourth-order valence-corrected chi connectivity index (χ4v) is 2.15. The van der Waals surface area contributed by atoms with Crippen molar-refractivity contribution in [3.63, 3.8) is 0 Å². The number of aliphatic carboxylic acids is 1. The van der Waals surface area contributed by atoms with Gasteiger partial charge >= 0.3 is 5.97 Å². The maximum Gasteiger partial charge on any atom is 0.304 e. The van der Waals surface area contributed by atoms with Gasteiger partial charge in [0.25, 0.3) is 0 Å². The summed E-state index contributed by atoms with van der Waals surface area (Å²) in [4.78, 5) is 10.2. The zero-order chi connectivity index (χ0) is 12.4. The van der Waals surface area contributed by atoms with E-state index in [0.29, 0.717) is 13.0 Å². The number of carboxylic acids is 1. The molecule has 16 heavy (non-hydrogen) atoms. The quantitative estimate of drug-likeness (QED) is 0.473. The van der Waals surface area contributed by atoms with Crippen LogP contribution in [-0.4, -0.2) is 43.5 Å². The molecule has 7 heteroatoms. The molecule has 0 aromatic heterocycles. The van der Waals surface area contributed by atoms with Crippen LogP contribution in [0.25, 0.3) is 0 Å². The molecular weight excluding hydrogens is 234 g/mol. The fourth-order valence-electron chi connectivity index (χ4n) is 1.11. The molecule has 3 N–H and O–H groups in total. The van der Waals surface area contributed by atoms with Gasteiger partial charge in [-0.2, -0.15) is 0 Å². The van der Waals surface area contributed by atoms with Crippen molar-refractivity contribution in [2.75, 3.05) is 18.9 Å². The number of hydrogen-bond acceptors (Lipinski definition) is 4. The number of unbranched alkanes of at least 4 members (excludes halogenated alkanes) is 3. The average Bonchev–Trinajstić information content (AvgIpc) is 2.21. The lowest BCUT2D eigenvalue weighted by Crippen LogP contribution is -2.28. The molecule has 0 aliphatic rings. The van der Waals surface area contributed by atoms with Crippen molar-refractivity contribution in [3.8, 4) is 0 Å². The second kappa shape index (κ2) is 8.49. The molecule has 6 nitrogen and oxygen atoms in total. The van der Waals surface area contributed by atoms with Gasteiger partial charge in [0.1, 0.15) is 0 Å². The van der Waals surface area contributed by atoms with Crippen molar-refractivity contribution in [1.82, 2.24) is 4.72 Å². The van der Waals surface area contributed by atoms with E-state index in [2.05, 4.69) is 4.72 Å². The summed E-state index contributed by atoms with van der Waals surface area (Å²) < 4.78 is 24.8. The van der Waals surface area contributed by atoms with Crippen LogP contribution < -0.4 is 4.72 Å². The molecule has 0 aromatic carbocycles. The highest BCUT2D eigenvalue weighted by Crippen LogP contribution is 1.98. The Labute approximate surface area is 95.7 Å². The maximum absolute atomic E-state index is 11.2. The summed E-state index contributed by atoms with van der Waals surface area (Å²) in [5.41, 5.74) is 0. The van der Waals surface area contributed by atoms with Gasteiger partial charge in [-0.3, -0.25) is 4.79 Å². The number of carbonyl (C=O) groups is 1. The lowest BCUT2D eigenvalue weighted by Gasteiger charge is -2.04. The van der Waals surface area contributed by atoms with Crippen LogP contribution in [0.3, 0.4) is 0 Å². The number of sulfonamides is 1. The molecule has 0 heterocycles. The minimum Gasteiger partial charge on any atom is -0.481 e. The van der Waals surface area contributed by atoms with Gasteiger partial charge in [0, 0.05) is 13.2 Å². The third kappa shape index (κ3) is 9.88. The first-order chi connectivity index (χ1) is 7.48. The smallest absolute Gasteiger partial charge is 0.304 e. The minimum atomic E-state index is -3.45. The van der Waals surface area contributed by atoms with Crippen molar-refractivity contribution < 1.29 is 23.4 Å². The van der Waals surface area contributed by atoms with Crippen molar-refractivity contribution in [2.45, 2.75) is 32.1 Å². The predicted molar refractivity (Wildman–Crippen MR) is 59.6 cm³/mol. The van der Waals surface area contributed by atoms with E-state index in [9.17, 15) is 13.2 Å². The average molecular weight is 253 g/mol. The van der Waals surface area contributed by atoms with Crippen molar-refractivity contribution in [1.29, 1.82) is 0 Å². The van der Waals surface area contributed by atoms with E-state index in [1.165, 1.54) is 0 Å². The van der Waals surface area contributed by atoms with Crippen LogP contribution in [0, 0.1) is 0 Å². The van der Waals surface area contributed by atoms with E-state index in [1.54, 1.807) is 0 Å². The molecule has 0 fully saturated rings. The number of carboxylic acid groups (broad SMARTS) is 1. The van der Waals surface area contributed by atoms with E-state index in [4.69, 9.17) is 10.2 Å². The number of aliphatic hydroxyl groups excluding tert-OH is 1. The first kappa shape index (κ1) is 15.3. The molecule has 0 aliphatic carbocycles. The summed E-state index contributed by atoms with van der Waals surface area (Å²) >= 11 is 0. The van der Waals surface area contributed by atoms with Crippen LogP contribution in [0.4, 0.5) is 0 Å². The van der Waals surface area contributed by atoms with Crippen LogP contribution >= 0.6 is 0 Å². The van der Waals surface area contributed by atoms with Crippen LogP contribution in [0.5, 0.6) is 0 Å². The molecular formula is C9H19NO5S. The standard InChI is InChI=1S/C9H19NO5S/c11-7-4-2-1-3-6-10-16(14,15)8-5-9(12)13/h10-11H,1-8H2,(H,12,13). The van der Waals surface area contributed by atoms with Crippen LogP contribution in [0.1, 0.15) is 32.1 Å². The van der Waals surface area contributed by atoms with Gasteiger partial charge in [0.15, 0.2) is 0 Å². The largest absolute Gasteiger partial charge is 0.481 e. The number of aliphatic hydroxyl groups is 1. The molecule has 0 saturated heterocycles. The van der Waals surface area contributed by atoms with Crippen molar-refractivity contribution in [2.24, 2.45) is 0 Å². The highest BCUT2D eigenvalue weighted by molar-refractivity contribution is 7.89. The Morgan fingerprint density at radius 3 is 2.31 bits per heavy atom. The Hall–Kier alpha value is -0.660. The lowest BCUT2D eigenvalue weighted by molar-refractivity contribution is -0.136. The molecule has 0 saturated carbocycles. The van der Waals surface area contributed by atoms with E-state index in [0.717, 1.165) is 19.3 Å². The van der Waals surface area contributed by atoms with Gasteiger partial charge in [-0.15, -0.1) is 0 Å². The Bertz CT molecular complexity index is 288. The number of rotatable bonds is 10. The van der Waals surface area contributed by atoms with Crippen molar-refractivity contribution in [3.05, 3.63) is 0 Å². The lowest BCUT2D eigenvalue weighted by atomic mass is 10.2. The number of nitrogens with one attached hydrogen (secondary N) is 1. The molecule has 0 rings (SSSR count). The predicted octanol–water partition coefficient (Wildman–Crippen LogP) is -0.0668.